The summed E-state index contributed by atoms with van der Waals surface area (Å²) in [5.41, 5.74) is -1.13. The van der Waals surface area contributed by atoms with Crippen molar-refractivity contribution in [3.05, 3.63) is 59.4 Å². The van der Waals surface area contributed by atoms with E-state index in [0.29, 0.717) is 11.3 Å². The molecule has 0 spiro atoms. The van der Waals surface area contributed by atoms with E-state index in [1.807, 2.05) is 0 Å². The van der Waals surface area contributed by atoms with Gasteiger partial charge in [0.15, 0.2) is 0 Å². The van der Waals surface area contributed by atoms with Crippen molar-refractivity contribution in [2.45, 2.75) is 18.5 Å². The molecule has 2 heterocycles. The van der Waals surface area contributed by atoms with Gasteiger partial charge < -0.3 is 14.7 Å². The maximum Gasteiger partial charge on any atom is 0.354 e. The third kappa shape index (κ3) is 3.51. The summed E-state index contributed by atoms with van der Waals surface area (Å²) >= 11 is 0. The number of methoxy groups -OCH3 is 1. The zero-order chi connectivity index (χ0) is 18.7. The normalized spacial score (nSPS) is 16.2. The first-order valence-corrected chi connectivity index (χ1v) is 8.26. The molecule has 1 aromatic carbocycles. The van der Waals surface area contributed by atoms with Gasteiger partial charge in [0.25, 0.3) is 5.91 Å². The van der Waals surface area contributed by atoms with Gasteiger partial charge >= 0.3 is 5.97 Å². The summed E-state index contributed by atoms with van der Waals surface area (Å²) in [5, 5.41) is 8.99. The molecular formula is C19H19FN2O4. The second-order valence-electron chi connectivity index (χ2n) is 6.20. The molecule has 1 saturated heterocycles. The lowest BCUT2D eigenvalue weighted by atomic mass is 9.86. The number of nitrogens with zero attached hydrogens (tertiary/aromatic N) is 2. The zero-order valence-electron chi connectivity index (χ0n) is 14.3. The summed E-state index contributed by atoms with van der Waals surface area (Å²) in [4.78, 5) is 28.9. The Bertz CT molecular complexity index is 832. The van der Waals surface area contributed by atoms with Crippen molar-refractivity contribution in [2.75, 3.05) is 20.2 Å². The number of benzene rings is 1. The predicted molar refractivity (Wildman–Crippen MR) is 92.1 cm³/mol. The smallest absolute Gasteiger partial charge is 0.354 e. The van der Waals surface area contributed by atoms with Crippen molar-refractivity contribution in [3.63, 3.8) is 0 Å². The van der Waals surface area contributed by atoms with Gasteiger partial charge in [0.1, 0.15) is 22.8 Å². The molecular weight excluding hydrogens is 339 g/mol. The fourth-order valence-electron chi connectivity index (χ4n) is 3.09. The van der Waals surface area contributed by atoms with E-state index in [0.717, 1.165) is 0 Å². The standard InChI is InChI=1S/C19H19FN2O4/c1-26-14-5-2-4-13(12-14)19(20)8-10-22(11-9-19)17(23)15-6-3-7-16(21-15)18(24)25/h2-7,12H,8-11H2,1H3,(H,24,25). The van der Waals surface area contributed by atoms with Gasteiger partial charge in [-0.25, -0.2) is 14.2 Å². The van der Waals surface area contributed by atoms with Crippen LogP contribution in [0.5, 0.6) is 5.75 Å². The summed E-state index contributed by atoms with van der Waals surface area (Å²) in [7, 11) is 1.53. The van der Waals surface area contributed by atoms with E-state index in [9.17, 15) is 9.59 Å². The Labute approximate surface area is 150 Å². The molecule has 3 rings (SSSR count). The van der Waals surface area contributed by atoms with Crippen molar-refractivity contribution < 1.29 is 23.8 Å². The third-order valence-electron chi connectivity index (χ3n) is 4.62. The van der Waals surface area contributed by atoms with E-state index in [2.05, 4.69) is 4.98 Å². The summed E-state index contributed by atoms with van der Waals surface area (Å²) < 4.78 is 20.5. The average molecular weight is 358 g/mol. The monoisotopic (exact) mass is 358 g/mol. The molecule has 7 heteroatoms. The number of ether oxygens (including phenoxy) is 1. The Kier molecular flexibility index (Phi) is 4.88. The fourth-order valence-corrected chi connectivity index (χ4v) is 3.09. The first-order chi connectivity index (χ1) is 12.4. The second kappa shape index (κ2) is 7.11. The van der Waals surface area contributed by atoms with Crippen LogP contribution < -0.4 is 4.74 Å². The third-order valence-corrected chi connectivity index (χ3v) is 4.62. The molecule has 0 saturated carbocycles. The molecule has 1 aliphatic heterocycles. The predicted octanol–water partition coefficient (Wildman–Crippen LogP) is 2.89. The first-order valence-electron chi connectivity index (χ1n) is 8.26. The van der Waals surface area contributed by atoms with Crippen molar-refractivity contribution in [2.24, 2.45) is 0 Å². The lowest BCUT2D eigenvalue weighted by Gasteiger charge is -2.36. The van der Waals surface area contributed by atoms with Gasteiger partial charge in [-0.05, 0) is 29.8 Å². The maximum atomic E-state index is 15.3. The number of alkyl halides is 1. The van der Waals surface area contributed by atoms with E-state index >= 15 is 4.39 Å². The van der Waals surface area contributed by atoms with Crippen LogP contribution in [0, 0.1) is 0 Å². The van der Waals surface area contributed by atoms with E-state index in [1.165, 1.54) is 30.2 Å². The molecule has 2 aromatic rings. The van der Waals surface area contributed by atoms with Crippen LogP contribution in [0.3, 0.4) is 0 Å². The Morgan fingerprint density at radius 2 is 1.81 bits per heavy atom. The van der Waals surface area contributed by atoms with Gasteiger partial charge in [0, 0.05) is 25.9 Å². The van der Waals surface area contributed by atoms with Gasteiger partial charge in [0.2, 0.25) is 0 Å². The van der Waals surface area contributed by atoms with E-state index < -0.39 is 11.6 Å². The number of amides is 1. The van der Waals surface area contributed by atoms with Gasteiger partial charge in [-0.3, -0.25) is 4.79 Å². The van der Waals surface area contributed by atoms with Crippen LogP contribution in [0.25, 0.3) is 0 Å². The van der Waals surface area contributed by atoms with E-state index in [1.54, 1.807) is 24.3 Å². The lowest BCUT2D eigenvalue weighted by molar-refractivity contribution is 0.0416. The number of carbonyl (C=O) groups is 2. The topological polar surface area (TPSA) is 79.7 Å². The van der Waals surface area contributed by atoms with E-state index in [4.69, 9.17) is 9.84 Å². The number of carbonyl (C=O) groups excluding carboxylic acids is 1. The van der Waals surface area contributed by atoms with Crippen LogP contribution in [0.4, 0.5) is 4.39 Å². The molecule has 26 heavy (non-hydrogen) atoms. The first kappa shape index (κ1) is 17.8. The SMILES string of the molecule is COc1cccc(C2(F)CCN(C(=O)c3cccc(C(=O)O)n3)CC2)c1. The minimum absolute atomic E-state index is 0.0534. The molecule has 0 unspecified atom stereocenters. The molecule has 0 bridgehead atoms. The number of pyridine rings is 1. The van der Waals surface area contributed by atoms with Crippen molar-refractivity contribution >= 4 is 11.9 Å². The van der Waals surface area contributed by atoms with Crippen LogP contribution in [0.15, 0.2) is 42.5 Å². The van der Waals surface area contributed by atoms with Crippen LogP contribution in [-0.2, 0) is 5.67 Å². The molecule has 0 atom stereocenters. The fraction of sp³-hybridized carbons (Fsp3) is 0.316. The average Bonchev–Trinajstić information content (AvgIpc) is 2.68. The summed E-state index contributed by atoms with van der Waals surface area (Å²) in [5.74, 6) is -0.993. The van der Waals surface area contributed by atoms with Gasteiger partial charge in [-0.15, -0.1) is 0 Å². The highest BCUT2D eigenvalue weighted by Crippen LogP contribution is 2.38. The van der Waals surface area contributed by atoms with Gasteiger partial charge in [-0.2, -0.15) is 0 Å². The number of rotatable bonds is 4. The Hall–Kier alpha value is -2.96. The number of hydrogen-bond donors (Lipinski definition) is 1. The number of carboxylic acid groups (broad SMARTS) is 1. The minimum atomic E-state index is -1.53. The number of halogens is 1. The zero-order valence-corrected chi connectivity index (χ0v) is 14.3. The van der Waals surface area contributed by atoms with Crippen LogP contribution in [0.2, 0.25) is 0 Å². The molecule has 0 aliphatic carbocycles. The Morgan fingerprint density at radius 3 is 2.46 bits per heavy atom. The number of hydrogen-bond acceptors (Lipinski definition) is 4. The summed E-state index contributed by atoms with van der Waals surface area (Å²) in [6.07, 6.45) is 0.315. The number of piperidine rings is 1. The van der Waals surface area contributed by atoms with Crippen molar-refractivity contribution in [1.29, 1.82) is 0 Å². The largest absolute Gasteiger partial charge is 0.497 e. The minimum Gasteiger partial charge on any atom is -0.497 e. The summed E-state index contributed by atoms with van der Waals surface area (Å²) in [6.45, 7) is 0.455. The van der Waals surface area contributed by atoms with Crippen molar-refractivity contribution in [1.82, 2.24) is 9.88 Å². The highest BCUT2D eigenvalue weighted by molar-refractivity contribution is 5.94. The molecule has 0 radical (unpaired) electrons. The Balaban J connectivity index is 1.72. The van der Waals surface area contributed by atoms with Gasteiger partial charge in [-0.1, -0.05) is 18.2 Å². The molecule has 1 N–H and O–H groups in total. The highest BCUT2D eigenvalue weighted by Gasteiger charge is 2.38. The molecule has 1 aromatic heterocycles. The van der Waals surface area contributed by atoms with Crippen LogP contribution >= 0.6 is 0 Å². The molecule has 1 aliphatic rings. The summed E-state index contributed by atoms with van der Waals surface area (Å²) in [6, 6.07) is 11.2. The number of carboxylic acids is 1. The maximum absolute atomic E-state index is 15.3. The second-order valence-corrected chi connectivity index (χ2v) is 6.20. The van der Waals surface area contributed by atoms with Crippen LogP contribution in [-0.4, -0.2) is 47.1 Å². The van der Waals surface area contributed by atoms with Crippen LogP contribution in [0.1, 0.15) is 39.4 Å². The number of aromatic carboxylic acids is 1. The Morgan fingerprint density at radius 1 is 1.15 bits per heavy atom. The van der Waals surface area contributed by atoms with E-state index in [-0.39, 0.29) is 43.2 Å². The molecule has 1 fully saturated rings. The number of aromatic nitrogens is 1. The molecule has 136 valence electrons. The molecule has 1 amide bonds. The lowest BCUT2D eigenvalue weighted by Crippen LogP contribution is -2.43. The highest BCUT2D eigenvalue weighted by atomic mass is 19.1. The van der Waals surface area contributed by atoms with Crippen molar-refractivity contribution in [3.8, 4) is 5.75 Å². The van der Waals surface area contributed by atoms with Gasteiger partial charge in [0.05, 0.1) is 7.11 Å². The number of likely N-dealkylation sites (tertiary alicyclic amines) is 1. The quantitative estimate of drug-likeness (QED) is 0.909. The molecule has 6 nitrogen and oxygen atoms in total.